The molecule has 52 heavy (non-hydrogen) atoms. The number of phosphoric ester groups is 1. The van der Waals surface area contributed by atoms with Gasteiger partial charge in [0.05, 0.1) is 39.8 Å². The van der Waals surface area contributed by atoms with Gasteiger partial charge in [0.25, 0.3) is 7.82 Å². The Hall–Kier alpha value is -0.670. The lowest BCUT2D eigenvalue weighted by molar-refractivity contribution is -0.874. The highest BCUT2D eigenvalue weighted by atomic mass is 31.2. The van der Waals surface area contributed by atoms with Crippen LogP contribution in [0.1, 0.15) is 201 Å². The van der Waals surface area contributed by atoms with Gasteiger partial charge in [-0.1, -0.05) is 175 Å². The van der Waals surface area contributed by atoms with Gasteiger partial charge in [0.1, 0.15) is 18.8 Å². The molecule has 0 radical (unpaired) electrons. The van der Waals surface area contributed by atoms with E-state index in [-0.39, 0.29) is 13.0 Å². The van der Waals surface area contributed by atoms with E-state index in [1.807, 2.05) is 21.1 Å². The fourth-order valence-corrected chi connectivity index (χ4v) is 8.17. The molecule has 0 bridgehead atoms. The summed E-state index contributed by atoms with van der Waals surface area (Å²) in [5.41, 5.74) is -1.31. The number of carbonyl (C=O) groups is 2. The van der Waals surface area contributed by atoms with E-state index >= 15 is 0 Å². The second kappa shape index (κ2) is 31.5. The molecule has 0 aromatic rings. The monoisotopic (exact) mass is 762 g/mol. The highest BCUT2D eigenvalue weighted by Crippen LogP contribution is 2.48. The smallest absolute Gasteiger partial charge is 0.268 e. The molecule has 0 saturated heterocycles. The van der Waals surface area contributed by atoms with E-state index in [0.29, 0.717) is 36.6 Å². The van der Waals surface area contributed by atoms with Crippen LogP contribution in [0, 0.1) is 5.41 Å². The lowest BCUT2D eigenvalue weighted by Crippen LogP contribution is -2.55. The molecule has 0 aromatic heterocycles. The summed E-state index contributed by atoms with van der Waals surface area (Å²) in [5.74, 6) is -0.929. The van der Waals surface area contributed by atoms with Crippen LogP contribution >= 0.6 is 7.82 Å². The maximum absolute atomic E-state index is 14.6. The molecule has 9 nitrogen and oxygen atoms in total. The Balaban J connectivity index is 5.71. The quantitative estimate of drug-likeness (QED) is 0.0274. The number of nitrogens with zero attached hydrogens (tertiary/aromatic N) is 1. The van der Waals surface area contributed by atoms with Crippen molar-refractivity contribution in [3.8, 4) is 0 Å². The van der Waals surface area contributed by atoms with Gasteiger partial charge < -0.3 is 28.6 Å². The van der Waals surface area contributed by atoms with E-state index in [2.05, 4.69) is 20.8 Å². The van der Waals surface area contributed by atoms with Crippen molar-refractivity contribution in [1.29, 1.82) is 0 Å². The Labute approximate surface area is 320 Å². The summed E-state index contributed by atoms with van der Waals surface area (Å²) >= 11 is 0. The van der Waals surface area contributed by atoms with Gasteiger partial charge in [-0.05, 0) is 19.3 Å². The minimum absolute atomic E-state index is 0.163. The normalized spacial score (nSPS) is 14.7. The van der Waals surface area contributed by atoms with E-state index in [9.17, 15) is 29.3 Å². The van der Waals surface area contributed by atoms with Crippen molar-refractivity contribution >= 4 is 19.4 Å². The zero-order valence-corrected chi connectivity index (χ0v) is 35.7. The van der Waals surface area contributed by atoms with Gasteiger partial charge in [-0.3, -0.25) is 14.2 Å². The van der Waals surface area contributed by atoms with Crippen LogP contribution in [0.15, 0.2) is 0 Å². The Kier molecular flexibility index (Phi) is 31.1. The topological polar surface area (TPSA) is 133 Å². The van der Waals surface area contributed by atoms with Crippen molar-refractivity contribution in [1.82, 2.24) is 0 Å². The van der Waals surface area contributed by atoms with Crippen LogP contribution in [0.2, 0.25) is 0 Å². The van der Waals surface area contributed by atoms with Crippen LogP contribution in [0.5, 0.6) is 0 Å². The summed E-state index contributed by atoms with van der Waals surface area (Å²) in [6, 6.07) is 0. The molecule has 0 aliphatic heterocycles. The number of likely N-dealkylation sites (N-methyl/N-ethyl adjacent to an activating group) is 1. The first-order chi connectivity index (χ1) is 24.8. The lowest BCUT2D eigenvalue weighted by atomic mass is 9.68. The third-order valence-corrected chi connectivity index (χ3v) is 11.4. The molecular formula is C42H84NO8P. The van der Waals surface area contributed by atoms with E-state index in [1.54, 1.807) is 0 Å². The van der Waals surface area contributed by atoms with Crippen molar-refractivity contribution in [2.75, 3.05) is 40.9 Å². The Morgan fingerprint density at radius 2 is 1.02 bits per heavy atom. The van der Waals surface area contributed by atoms with E-state index in [0.717, 1.165) is 70.6 Å². The lowest BCUT2D eigenvalue weighted by Gasteiger charge is -2.43. The van der Waals surface area contributed by atoms with Crippen LogP contribution in [-0.4, -0.2) is 79.4 Å². The summed E-state index contributed by atoms with van der Waals surface area (Å²) < 4.78 is 24.4. The van der Waals surface area contributed by atoms with Crippen molar-refractivity contribution in [2.45, 2.75) is 213 Å². The fraction of sp³-hybridized carbons (Fsp3) is 0.952. The van der Waals surface area contributed by atoms with Crippen LogP contribution < -0.4 is 4.89 Å². The Morgan fingerprint density at radius 1 is 0.654 bits per heavy atom. The van der Waals surface area contributed by atoms with Crippen LogP contribution in [0.3, 0.4) is 0 Å². The number of aliphatic hydroxyl groups is 2. The number of quaternary nitrogens is 1. The second-order valence-corrected chi connectivity index (χ2v) is 17.9. The van der Waals surface area contributed by atoms with Gasteiger partial charge >= 0.3 is 0 Å². The van der Waals surface area contributed by atoms with Gasteiger partial charge in [0.15, 0.2) is 5.78 Å². The average molecular weight is 762 g/mol. The molecule has 0 heterocycles. The summed E-state index contributed by atoms with van der Waals surface area (Å²) in [4.78, 5) is 41.6. The Morgan fingerprint density at radius 3 is 1.38 bits per heavy atom. The molecule has 2 N–H and O–H groups in total. The first-order valence-corrected chi connectivity index (χ1v) is 23.1. The zero-order valence-electron chi connectivity index (χ0n) is 34.8. The largest absolute Gasteiger partial charge is 0.756 e. The van der Waals surface area contributed by atoms with Gasteiger partial charge in [0, 0.05) is 6.42 Å². The second-order valence-electron chi connectivity index (χ2n) is 16.6. The number of Topliss-reactive ketones (excluding diaryl/α,β-unsaturated/α-hetero) is 2. The van der Waals surface area contributed by atoms with E-state index in [1.165, 1.54) is 70.6 Å². The summed E-state index contributed by atoms with van der Waals surface area (Å²) in [6.07, 6.45) is 26.2. The maximum atomic E-state index is 14.6. The molecule has 0 spiro atoms. The van der Waals surface area contributed by atoms with Crippen molar-refractivity contribution in [3.05, 3.63) is 0 Å². The molecule has 0 aromatic carbocycles. The maximum Gasteiger partial charge on any atom is 0.268 e. The predicted octanol–water partition coefficient (Wildman–Crippen LogP) is 10.0. The number of ketones is 2. The molecule has 0 aliphatic rings. The van der Waals surface area contributed by atoms with Crippen molar-refractivity contribution in [3.63, 3.8) is 0 Å². The third-order valence-electron chi connectivity index (χ3n) is 10.4. The number of hydrogen-bond donors (Lipinski definition) is 2. The summed E-state index contributed by atoms with van der Waals surface area (Å²) in [6.45, 7) is 5.42. The number of carbonyl (C=O) groups excluding carboxylic acids is 2. The van der Waals surface area contributed by atoms with Crippen LogP contribution in [0.25, 0.3) is 0 Å². The standard InChI is InChI=1S/C42H84NO8P/c1-7-10-13-16-17-18-19-20-21-22-23-24-25-26-29-32-39(46)41(47)42(33-30-27-14-11-8-2,34-31-28-15-12-9-3)40(35-43(4,5)6)51-52(48,49)50-37-38(45)36-44/h38,40,44-45H,7-37H2,1-6H3/t38-,40?/m1/s1. The zero-order chi connectivity index (χ0) is 39.1. The highest BCUT2D eigenvalue weighted by molar-refractivity contribution is 7.45. The minimum Gasteiger partial charge on any atom is -0.756 e. The molecule has 0 amide bonds. The predicted molar refractivity (Wildman–Crippen MR) is 213 cm³/mol. The van der Waals surface area contributed by atoms with Gasteiger partial charge in [-0.25, -0.2) is 0 Å². The van der Waals surface area contributed by atoms with E-state index < -0.39 is 50.2 Å². The van der Waals surface area contributed by atoms with Crippen LogP contribution in [0.4, 0.5) is 0 Å². The molecule has 2 unspecified atom stereocenters. The molecule has 0 fully saturated rings. The van der Waals surface area contributed by atoms with Gasteiger partial charge in [0.2, 0.25) is 5.78 Å². The molecule has 0 rings (SSSR count). The number of unbranched alkanes of at least 4 members (excludes halogenated alkanes) is 22. The van der Waals surface area contributed by atoms with Gasteiger partial charge in [-0.2, -0.15) is 0 Å². The van der Waals surface area contributed by atoms with Crippen LogP contribution in [-0.2, 0) is 23.2 Å². The number of rotatable bonds is 39. The first-order valence-electron chi connectivity index (χ1n) is 21.6. The average Bonchev–Trinajstić information content (AvgIpc) is 3.09. The number of hydrogen-bond acceptors (Lipinski definition) is 8. The highest BCUT2D eigenvalue weighted by Gasteiger charge is 2.51. The summed E-state index contributed by atoms with van der Waals surface area (Å²) in [7, 11) is 0.727. The minimum atomic E-state index is -5.02. The molecule has 0 aliphatic carbocycles. The SMILES string of the molecule is CCCCCCCCCCCCCCCCCC(=O)C(=O)C(CCCCCCC)(CCCCCCC)C(C[N+](C)(C)C)OP(=O)([O-])OC[C@H](O)CO. The molecular weight excluding hydrogens is 677 g/mol. The van der Waals surface area contributed by atoms with Crippen molar-refractivity contribution < 1.29 is 42.8 Å². The Bertz CT molecular complexity index is 910. The molecule has 310 valence electrons. The summed E-state index contributed by atoms with van der Waals surface area (Å²) in [5, 5.41) is 19.0. The van der Waals surface area contributed by atoms with Crippen molar-refractivity contribution in [2.24, 2.45) is 5.41 Å². The molecule has 0 saturated carbocycles. The van der Waals surface area contributed by atoms with E-state index in [4.69, 9.17) is 9.05 Å². The molecule has 10 heteroatoms. The third kappa shape index (κ3) is 26.2. The fourth-order valence-electron chi connectivity index (χ4n) is 7.18. The molecule has 3 atom stereocenters. The number of phosphoric acid groups is 1. The first kappa shape index (κ1) is 51.3. The number of aliphatic hydroxyl groups excluding tert-OH is 2. The van der Waals surface area contributed by atoms with Gasteiger partial charge in [-0.15, -0.1) is 0 Å².